The fourth-order valence-corrected chi connectivity index (χ4v) is 2.44. The van der Waals surface area contributed by atoms with Crippen LogP contribution < -0.4 is 4.74 Å². The lowest BCUT2D eigenvalue weighted by molar-refractivity contribution is -0.141. The lowest BCUT2D eigenvalue weighted by Gasteiger charge is -2.19. The minimum atomic E-state index is -0.850. The number of nitrogens with zero attached hydrogens (tertiary/aromatic N) is 3. The predicted octanol–water partition coefficient (Wildman–Crippen LogP) is 1.92. The number of methoxy groups -OCH3 is 1. The van der Waals surface area contributed by atoms with Crippen LogP contribution in [0.25, 0.3) is 11.4 Å². The number of rotatable bonds is 3. The van der Waals surface area contributed by atoms with E-state index in [1.165, 1.54) is 0 Å². The van der Waals surface area contributed by atoms with Gasteiger partial charge < -0.3 is 9.84 Å². The van der Waals surface area contributed by atoms with Crippen molar-refractivity contribution in [3.05, 3.63) is 30.1 Å². The van der Waals surface area contributed by atoms with Crippen LogP contribution in [0.5, 0.6) is 5.75 Å². The predicted molar refractivity (Wildman–Crippen MR) is 71.6 cm³/mol. The molecule has 1 aliphatic rings. The molecule has 0 saturated carbocycles. The summed E-state index contributed by atoms with van der Waals surface area (Å²) in [4.78, 5) is 15.7. The molecule has 0 amide bonds. The molecule has 1 N–H and O–H groups in total. The molecule has 0 saturated heterocycles. The van der Waals surface area contributed by atoms with Gasteiger partial charge in [0.25, 0.3) is 0 Å². The second-order valence-electron chi connectivity index (χ2n) is 4.77. The Balaban J connectivity index is 1.97. The summed E-state index contributed by atoms with van der Waals surface area (Å²) in [5, 5.41) is 13.6. The van der Waals surface area contributed by atoms with Gasteiger partial charge in [-0.05, 0) is 37.1 Å². The third-order valence-electron chi connectivity index (χ3n) is 3.51. The van der Waals surface area contributed by atoms with Crippen LogP contribution in [0.4, 0.5) is 0 Å². The van der Waals surface area contributed by atoms with E-state index in [4.69, 9.17) is 4.74 Å². The number of aliphatic carboxylic acids is 1. The van der Waals surface area contributed by atoms with E-state index in [0.29, 0.717) is 12.2 Å². The van der Waals surface area contributed by atoms with Crippen LogP contribution in [-0.2, 0) is 11.2 Å². The fraction of sp³-hybridized carbons (Fsp3) is 0.357. The quantitative estimate of drug-likeness (QED) is 0.924. The Hall–Kier alpha value is -2.37. The van der Waals surface area contributed by atoms with Crippen molar-refractivity contribution >= 4 is 5.97 Å². The van der Waals surface area contributed by atoms with Gasteiger partial charge in [0.1, 0.15) is 11.6 Å². The zero-order chi connectivity index (χ0) is 14.1. The lowest BCUT2D eigenvalue weighted by Crippen LogP contribution is -2.25. The van der Waals surface area contributed by atoms with Crippen LogP contribution in [0.2, 0.25) is 0 Å². The summed E-state index contributed by atoms with van der Waals surface area (Å²) in [6.45, 7) is 0. The highest BCUT2D eigenvalue weighted by Gasteiger charge is 2.28. The Morgan fingerprint density at radius 3 is 2.80 bits per heavy atom. The third kappa shape index (κ3) is 2.13. The van der Waals surface area contributed by atoms with Crippen molar-refractivity contribution in [1.82, 2.24) is 14.8 Å². The van der Waals surface area contributed by atoms with Gasteiger partial charge in [-0.25, -0.2) is 14.5 Å². The molecule has 3 rings (SSSR count). The van der Waals surface area contributed by atoms with Gasteiger partial charge in [0.05, 0.1) is 7.11 Å². The van der Waals surface area contributed by atoms with E-state index in [1.54, 1.807) is 11.8 Å². The summed E-state index contributed by atoms with van der Waals surface area (Å²) in [5.74, 6) is 1.23. The second-order valence-corrected chi connectivity index (χ2v) is 4.77. The van der Waals surface area contributed by atoms with Gasteiger partial charge in [-0.3, -0.25) is 0 Å². The van der Waals surface area contributed by atoms with Crippen LogP contribution in [0.3, 0.4) is 0 Å². The number of aryl methyl sites for hydroxylation is 1. The third-order valence-corrected chi connectivity index (χ3v) is 3.51. The topological polar surface area (TPSA) is 77.2 Å². The number of carboxylic acid groups (broad SMARTS) is 1. The molecular weight excluding hydrogens is 258 g/mol. The molecule has 1 atom stereocenters. The number of carbonyl (C=O) groups is 1. The minimum Gasteiger partial charge on any atom is -0.497 e. The van der Waals surface area contributed by atoms with Crippen LogP contribution in [0, 0.1) is 0 Å². The fourth-order valence-electron chi connectivity index (χ4n) is 2.44. The van der Waals surface area contributed by atoms with E-state index < -0.39 is 12.0 Å². The first kappa shape index (κ1) is 12.7. The van der Waals surface area contributed by atoms with Crippen molar-refractivity contribution < 1.29 is 14.6 Å². The van der Waals surface area contributed by atoms with E-state index in [9.17, 15) is 9.90 Å². The van der Waals surface area contributed by atoms with Gasteiger partial charge in [0.15, 0.2) is 11.9 Å². The smallest absolute Gasteiger partial charge is 0.328 e. The first-order valence-corrected chi connectivity index (χ1v) is 6.51. The number of aromatic nitrogens is 3. The zero-order valence-corrected chi connectivity index (χ0v) is 11.1. The molecule has 1 aliphatic heterocycles. The van der Waals surface area contributed by atoms with E-state index in [0.717, 1.165) is 30.0 Å². The van der Waals surface area contributed by atoms with Gasteiger partial charge in [-0.2, -0.15) is 0 Å². The largest absolute Gasteiger partial charge is 0.497 e. The average Bonchev–Trinajstić information content (AvgIpc) is 2.90. The molecule has 0 spiro atoms. The van der Waals surface area contributed by atoms with E-state index in [1.807, 2.05) is 24.3 Å². The van der Waals surface area contributed by atoms with Gasteiger partial charge in [-0.15, -0.1) is 5.10 Å². The van der Waals surface area contributed by atoms with Crippen molar-refractivity contribution in [2.75, 3.05) is 7.11 Å². The minimum absolute atomic E-state index is 0.566. The molecule has 1 aromatic carbocycles. The lowest BCUT2D eigenvalue weighted by atomic mass is 10.1. The summed E-state index contributed by atoms with van der Waals surface area (Å²) in [7, 11) is 1.61. The Morgan fingerprint density at radius 2 is 2.15 bits per heavy atom. The molecule has 2 aromatic rings. The number of hydrogen-bond acceptors (Lipinski definition) is 4. The van der Waals surface area contributed by atoms with Gasteiger partial charge in [0.2, 0.25) is 0 Å². The Bertz CT molecular complexity index is 634. The first-order valence-electron chi connectivity index (χ1n) is 6.51. The standard InChI is InChI=1S/C14H15N3O3/c1-20-10-7-5-9(6-8-10)13-15-12-4-2-3-11(14(18)19)17(12)16-13/h5-8,11H,2-4H2,1H3,(H,18,19). The monoisotopic (exact) mass is 273 g/mol. The molecule has 0 bridgehead atoms. The highest BCUT2D eigenvalue weighted by Crippen LogP contribution is 2.27. The average molecular weight is 273 g/mol. The molecular formula is C14H15N3O3. The number of ether oxygens (including phenoxy) is 1. The Labute approximate surface area is 116 Å². The van der Waals surface area contributed by atoms with Gasteiger partial charge >= 0.3 is 5.97 Å². The highest BCUT2D eigenvalue weighted by molar-refractivity contribution is 5.72. The summed E-state index contributed by atoms with van der Waals surface area (Å²) >= 11 is 0. The van der Waals surface area contributed by atoms with E-state index in [-0.39, 0.29) is 0 Å². The van der Waals surface area contributed by atoms with Crippen LogP contribution >= 0.6 is 0 Å². The molecule has 1 unspecified atom stereocenters. The molecule has 6 heteroatoms. The normalized spacial score (nSPS) is 17.6. The molecule has 2 heterocycles. The van der Waals surface area contributed by atoms with Gasteiger partial charge in [0, 0.05) is 12.0 Å². The summed E-state index contributed by atoms with van der Waals surface area (Å²) in [6.07, 6.45) is 2.21. The number of fused-ring (bicyclic) bond motifs is 1. The van der Waals surface area contributed by atoms with Crippen molar-refractivity contribution in [3.8, 4) is 17.1 Å². The molecule has 0 radical (unpaired) electrons. The summed E-state index contributed by atoms with van der Waals surface area (Å²) < 4.78 is 6.66. The number of benzene rings is 1. The first-order chi connectivity index (χ1) is 9.69. The Morgan fingerprint density at radius 1 is 1.40 bits per heavy atom. The van der Waals surface area contributed by atoms with E-state index in [2.05, 4.69) is 10.1 Å². The SMILES string of the molecule is COc1ccc(-c2nc3n(n2)C(C(=O)O)CCC3)cc1. The Kier molecular flexibility index (Phi) is 3.14. The van der Waals surface area contributed by atoms with Crippen LogP contribution in [0.1, 0.15) is 24.7 Å². The molecule has 6 nitrogen and oxygen atoms in total. The van der Waals surface area contributed by atoms with E-state index >= 15 is 0 Å². The molecule has 20 heavy (non-hydrogen) atoms. The van der Waals surface area contributed by atoms with Crippen molar-refractivity contribution in [1.29, 1.82) is 0 Å². The maximum atomic E-state index is 11.2. The summed E-state index contributed by atoms with van der Waals surface area (Å²) in [6, 6.07) is 6.82. The molecule has 0 aliphatic carbocycles. The van der Waals surface area contributed by atoms with Crippen molar-refractivity contribution in [2.24, 2.45) is 0 Å². The van der Waals surface area contributed by atoms with Crippen molar-refractivity contribution in [3.63, 3.8) is 0 Å². The molecule has 0 fully saturated rings. The maximum Gasteiger partial charge on any atom is 0.328 e. The number of carboxylic acids is 1. The number of hydrogen-bond donors (Lipinski definition) is 1. The summed E-state index contributed by atoms with van der Waals surface area (Å²) in [5.41, 5.74) is 0.858. The van der Waals surface area contributed by atoms with Crippen molar-refractivity contribution in [2.45, 2.75) is 25.3 Å². The second kappa shape index (κ2) is 4.96. The van der Waals surface area contributed by atoms with Gasteiger partial charge in [-0.1, -0.05) is 0 Å². The van der Waals surface area contributed by atoms with Crippen LogP contribution in [-0.4, -0.2) is 33.0 Å². The molecule has 1 aromatic heterocycles. The maximum absolute atomic E-state index is 11.2. The van der Waals surface area contributed by atoms with Crippen LogP contribution in [0.15, 0.2) is 24.3 Å². The zero-order valence-electron chi connectivity index (χ0n) is 11.1. The molecule has 104 valence electrons. The highest BCUT2D eigenvalue weighted by atomic mass is 16.5.